The number of ether oxygens (including phenoxy) is 6. The first-order valence-corrected chi connectivity index (χ1v) is 39.2. The maximum Gasteiger partial charge on any atom is 0.248 e. The molecule has 21 N–H and O–H groups in total. The van der Waals surface area contributed by atoms with Gasteiger partial charge in [0.25, 0.3) is 0 Å². The first kappa shape index (κ1) is 84.9. The fourth-order valence-electron chi connectivity index (χ4n) is 13.5. The van der Waals surface area contributed by atoms with Gasteiger partial charge < -0.3 is 128 Å². The van der Waals surface area contributed by atoms with E-state index in [1.54, 1.807) is 10.8 Å². The fraction of sp³-hybridized carbons (Fsp3) is 0.486. The van der Waals surface area contributed by atoms with Gasteiger partial charge in [0.2, 0.25) is 59.3 Å². The minimum Gasteiger partial charge on any atom is -0.508 e. The number of phenols is 3. The smallest absolute Gasteiger partial charge is 0.248 e. The van der Waals surface area contributed by atoms with Crippen LogP contribution in [0.4, 0.5) is 0 Å². The Balaban J connectivity index is 1.20. The minimum absolute atomic E-state index is 0.0169. The van der Waals surface area contributed by atoms with Crippen molar-refractivity contribution in [1.29, 1.82) is 0 Å². The van der Waals surface area contributed by atoms with E-state index in [9.17, 15) is 65.1 Å². The van der Waals surface area contributed by atoms with Crippen molar-refractivity contribution >= 4 is 92.0 Å². The molecular formula is C74H92Cl2N10O23S2. The Hall–Kier alpha value is -8.50. The molecule has 12 rings (SSSR count). The standard InChI is InChI=1S/C74H92Cl2N10O23S2/c1-7-8-9-10-18-110-111-19-17-80-68(99)56-39-26-37(88)27-45(90)53(39)38-21-33(11-14-44(38)89)54-69(100)86-58(72(103)84-56)60(93)35-13-16-47(41(76)23-35)106-49-25-36-24-48(63(49)109-73-64(62(95)61(94)50(30-87)107-73)108-52-29-74(5,78)65(96)32(4)104-52)105-46-15-12-34(22-40(46)75)59(92)57(85-66(97)42(79-6)20-31(2)3)71(102)81-43(28-51(77)91)67(98)82-55(36)70(101)83-54/h11-16,21-27,31-32,42-43,50,52,54-62,64-65,73,79,87-90,92-96H,7-10,17-20,28-30,78H2,1-6H3,(H2,77,91)(H,80,99)(H,81,102)(H,82,98)(H,83,101)(H,84,103)(H,85,97)(H,86,100)/t32-,42+,43-,50+,52-,54+,55+,56-,57+,58-,59+,60+,61+,62-,64+,65+,73-,74-/m0/s1. The summed E-state index contributed by atoms with van der Waals surface area (Å²) < 4.78 is 38.6. The molecule has 0 spiro atoms. The number of amides is 8. The van der Waals surface area contributed by atoms with Crippen molar-refractivity contribution < 1.29 is 113 Å². The Morgan fingerprint density at radius 2 is 1.34 bits per heavy atom. The second-order valence-electron chi connectivity index (χ2n) is 28.4. The number of phenolic OH excluding ortho intramolecular Hbond substituents is 3. The number of rotatable bonds is 22. The Labute approximate surface area is 655 Å². The van der Waals surface area contributed by atoms with E-state index in [0.717, 1.165) is 86.0 Å². The van der Waals surface area contributed by atoms with Crippen LogP contribution in [0, 0.1) is 5.92 Å². The third kappa shape index (κ3) is 19.9. The van der Waals surface area contributed by atoms with Crippen molar-refractivity contribution in [3.05, 3.63) is 117 Å². The number of primary amides is 1. The number of unbranched alkanes of at least 4 members (excludes halogenated alkanes) is 3. The van der Waals surface area contributed by atoms with Gasteiger partial charge in [-0.25, -0.2) is 0 Å². The van der Waals surface area contributed by atoms with Crippen molar-refractivity contribution in [3.63, 3.8) is 0 Å². The fourth-order valence-corrected chi connectivity index (χ4v) is 16.0. The Kier molecular flexibility index (Phi) is 28.3. The predicted octanol–water partition coefficient (Wildman–Crippen LogP) is 3.10. The third-order valence-corrected chi connectivity index (χ3v) is 22.5. The number of fused-ring (bicyclic) bond motifs is 15. The number of benzene rings is 5. The molecule has 0 radical (unpaired) electrons. The van der Waals surface area contributed by atoms with Crippen LogP contribution >= 0.6 is 44.8 Å². The number of carbonyl (C=O) groups is 8. The monoisotopic (exact) mass is 1620 g/mol. The molecule has 602 valence electrons. The molecule has 37 heteroatoms. The molecule has 0 aromatic heterocycles. The van der Waals surface area contributed by atoms with Crippen molar-refractivity contribution in [1.82, 2.24) is 42.5 Å². The van der Waals surface area contributed by atoms with Crippen LogP contribution < -0.4 is 68.2 Å². The van der Waals surface area contributed by atoms with Gasteiger partial charge in [-0.2, -0.15) is 0 Å². The van der Waals surface area contributed by atoms with Gasteiger partial charge in [-0.3, -0.25) is 38.4 Å². The second-order valence-corrected chi connectivity index (χ2v) is 31.9. The van der Waals surface area contributed by atoms with Gasteiger partial charge in [0.05, 0.1) is 41.3 Å². The molecular weight excluding hydrogens is 1530 g/mol. The van der Waals surface area contributed by atoms with E-state index in [2.05, 4.69) is 49.5 Å². The summed E-state index contributed by atoms with van der Waals surface area (Å²) in [6.07, 6.45) is -14.3. The zero-order valence-corrected chi connectivity index (χ0v) is 64.3. The summed E-state index contributed by atoms with van der Waals surface area (Å²) in [7, 11) is 4.55. The summed E-state index contributed by atoms with van der Waals surface area (Å²) in [5.74, 6) is -13.2. The summed E-state index contributed by atoms with van der Waals surface area (Å²) in [6, 6.07) is 0.615. The lowest BCUT2D eigenvalue weighted by Gasteiger charge is -2.47. The number of nitrogens with one attached hydrogen (secondary N) is 8. The lowest BCUT2D eigenvalue weighted by Crippen LogP contribution is -2.64. The number of aromatic hydroxyl groups is 3. The molecule has 5 aromatic rings. The van der Waals surface area contributed by atoms with Crippen LogP contribution in [-0.4, -0.2) is 204 Å². The van der Waals surface area contributed by atoms with E-state index >= 15 is 19.2 Å². The highest BCUT2D eigenvalue weighted by molar-refractivity contribution is 8.76. The lowest BCUT2D eigenvalue weighted by atomic mass is 9.86. The summed E-state index contributed by atoms with van der Waals surface area (Å²) >= 11 is 14.3. The number of halogens is 2. The zero-order valence-electron chi connectivity index (χ0n) is 61.1. The minimum atomic E-state index is -2.33. The number of hydrogen-bond acceptors (Lipinski definition) is 27. The Bertz CT molecular complexity index is 4280. The molecule has 11 bridgehead atoms. The molecule has 2 saturated heterocycles. The summed E-state index contributed by atoms with van der Waals surface area (Å²) in [6.45, 7) is 7.83. The van der Waals surface area contributed by atoms with E-state index in [-0.39, 0.29) is 69.6 Å². The summed E-state index contributed by atoms with van der Waals surface area (Å²) in [4.78, 5) is 120. The van der Waals surface area contributed by atoms with Crippen LogP contribution in [0.2, 0.25) is 10.0 Å². The molecule has 111 heavy (non-hydrogen) atoms. The van der Waals surface area contributed by atoms with Crippen LogP contribution in [0.25, 0.3) is 11.1 Å². The van der Waals surface area contributed by atoms with Crippen LogP contribution in [0.1, 0.15) is 138 Å². The van der Waals surface area contributed by atoms with Gasteiger partial charge in [-0.1, -0.05) is 103 Å². The molecule has 0 unspecified atom stereocenters. The Morgan fingerprint density at radius 1 is 0.712 bits per heavy atom. The van der Waals surface area contributed by atoms with Crippen molar-refractivity contribution in [2.45, 2.75) is 189 Å². The Morgan fingerprint density at radius 3 is 1.96 bits per heavy atom. The molecule has 33 nitrogen and oxygen atoms in total. The molecule has 18 atom stereocenters. The van der Waals surface area contributed by atoms with Gasteiger partial charge in [-0.05, 0) is 122 Å². The second kappa shape index (κ2) is 37.0. The predicted molar refractivity (Wildman–Crippen MR) is 404 cm³/mol. The highest BCUT2D eigenvalue weighted by atomic mass is 35.5. The molecule has 8 amide bonds. The van der Waals surface area contributed by atoms with Crippen LogP contribution in [0.15, 0.2) is 78.9 Å². The average Bonchev–Trinajstić information content (AvgIpc) is 0.764. The molecule has 2 fully saturated rings. The highest BCUT2D eigenvalue weighted by Crippen LogP contribution is 2.50. The number of carbonyl (C=O) groups excluding carboxylic acids is 8. The summed E-state index contributed by atoms with van der Waals surface area (Å²) in [5, 5.41) is 125. The van der Waals surface area contributed by atoms with Crippen LogP contribution in [0.5, 0.6) is 46.0 Å². The SMILES string of the molecule is CCCCCCSSCCNC(=O)[C@H]1NC(=O)[C@H]2NC(=O)[C@H](NC(=O)[C@@H]3NC(=O)[C@H](CC(N)=O)NC(=O)[C@H](NC(=O)[C@@H](CC(C)C)NC)[C@H](O)c4ccc(c(Cl)c4)Oc4cc3cc(c4O[C@@H]3O[C@H](CO)[C@@H](O)[C@H](O)[C@H]3O[C@H]3C[C@](C)(N)[C@H](O)[C@H](C)O3)Oc3ccc(cc3Cl)[C@H]2O)c2ccc(O)c(c2)-c2c(O)cc(O)cc21. The number of nitrogens with two attached hydrogens (primary N) is 2. The van der Waals surface area contributed by atoms with Gasteiger partial charge in [0, 0.05) is 47.2 Å². The molecule has 0 saturated carbocycles. The first-order valence-electron chi connectivity index (χ1n) is 36.0. The zero-order chi connectivity index (χ0) is 80.6. The largest absolute Gasteiger partial charge is 0.508 e. The van der Waals surface area contributed by atoms with Crippen LogP contribution in [0.3, 0.4) is 0 Å². The first-order chi connectivity index (χ1) is 52.7. The van der Waals surface area contributed by atoms with Gasteiger partial charge >= 0.3 is 0 Å². The number of hydrogen-bond donors (Lipinski definition) is 19. The van der Waals surface area contributed by atoms with E-state index in [0.29, 0.717) is 5.75 Å². The molecule has 7 aliphatic heterocycles. The molecule has 5 aromatic carbocycles. The highest BCUT2D eigenvalue weighted by Gasteiger charge is 2.52. The van der Waals surface area contributed by atoms with Crippen molar-refractivity contribution in [3.8, 4) is 57.1 Å². The quantitative estimate of drug-likeness (QED) is 0.0350. The average molecular weight is 1620 g/mol. The van der Waals surface area contributed by atoms with Crippen LogP contribution in [-0.2, 0) is 52.6 Å². The van der Waals surface area contributed by atoms with E-state index < -0.39 is 220 Å². The molecule has 7 aliphatic rings. The van der Waals surface area contributed by atoms with Gasteiger partial charge in [0.15, 0.2) is 23.9 Å². The molecule has 0 aliphatic carbocycles. The lowest BCUT2D eigenvalue weighted by molar-refractivity contribution is -0.333. The van der Waals surface area contributed by atoms with Gasteiger partial charge in [0.1, 0.15) is 95.5 Å². The topological polar surface area (TPSA) is 522 Å². The van der Waals surface area contributed by atoms with E-state index in [4.69, 9.17) is 63.1 Å². The maximum atomic E-state index is 16.2. The number of aliphatic hydroxyl groups excluding tert-OH is 6. The number of likely N-dealkylation sites (N-methyl/N-ethyl adjacent to an activating group) is 1. The van der Waals surface area contributed by atoms with E-state index in [1.807, 2.05) is 13.8 Å². The third-order valence-electron chi connectivity index (χ3n) is 19.4. The summed E-state index contributed by atoms with van der Waals surface area (Å²) in [5.41, 5.74) is 8.73. The van der Waals surface area contributed by atoms with E-state index in [1.165, 1.54) is 56.0 Å². The normalized spacial score (nSPS) is 27.8. The van der Waals surface area contributed by atoms with Crippen molar-refractivity contribution in [2.24, 2.45) is 17.4 Å². The van der Waals surface area contributed by atoms with Crippen molar-refractivity contribution in [2.75, 3.05) is 31.7 Å². The molecule has 7 heterocycles. The number of aliphatic hydroxyl groups is 6. The van der Waals surface area contributed by atoms with Gasteiger partial charge in [-0.15, -0.1) is 0 Å². The maximum absolute atomic E-state index is 16.2.